The molecule has 18 heavy (non-hydrogen) atoms. The van der Waals surface area contributed by atoms with E-state index in [1.807, 2.05) is 13.8 Å². The molecule has 2 rings (SSSR count). The van der Waals surface area contributed by atoms with E-state index in [2.05, 4.69) is 5.10 Å². The van der Waals surface area contributed by atoms with E-state index in [4.69, 9.17) is 9.84 Å². The van der Waals surface area contributed by atoms with Crippen LogP contribution in [0.1, 0.15) is 23.1 Å². The number of hydrogen-bond acceptors (Lipinski definition) is 4. The van der Waals surface area contributed by atoms with Gasteiger partial charge in [0.05, 0.1) is 25.0 Å². The van der Waals surface area contributed by atoms with Crippen molar-refractivity contribution >= 4 is 5.91 Å². The molecule has 1 aromatic rings. The Kier molecular flexibility index (Phi) is 3.98. The van der Waals surface area contributed by atoms with E-state index in [9.17, 15) is 4.79 Å². The molecule has 1 aliphatic heterocycles. The molecular weight excluding hydrogens is 234 g/mol. The number of ether oxygens (including phenoxy) is 1. The van der Waals surface area contributed by atoms with Crippen LogP contribution in [0, 0.1) is 6.92 Å². The molecule has 6 nitrogen and oxygen atoms in total. The number of carbonyl (C=O) groups excluding carboxylic acids is 1. The number of aromatic nitrogens is 2. The second kappa shape index (κ2) is 5.49. The van der Waals surface area contributed by atoms with Crippen LogP contribution in [0.3, 0.4) is 0 Å². The summed E-state index contributed by atoms with van der Waals surface area (Å²) in [7, 11) is 0. The zero-order valence-electron chi connectivity index (χ0n) is 10.8. The first-order chi connectivity index (χ1) is 8.65. The Labute approximate surface area is 106 Å². The van der Waals surface area contributed by atoms with Gasteiger partial charge in [-0.15, -0.1) is 0 Å². The molecule has 1 amide bonds. The molecule has 1 fully saturated rings. The van der Waals surface area contributed by atoms with Crippen molar-refractivity contribution in [3.8, 4) is 0 Å². The normalized spacial score (nSPS) is 20.2. The lowest BCUT2D eigenvalue weighted by atomic mass is 10.2. The van der Waals surface area contributed by atoms with Crippen LogP contribution < -0.4 is 0 Å². The van der Waals surface area contributed by atoms with Crippen molar-refractivity contribution < 1.29 is 14.6 Å². The van der Waals surface area contributed by atoms with E-state index in [1.54, 1.807) is 15.6 Å². The largest absolute Gasteiger partial charge is 0.394 e. The van der Waals surface area contributed by atoms with Crippen LogP contribution in [-0.2, 0) is 11.3 Å². The standard InChI is InChI=1S/C12H19N3O3/c1-3-15-11(6-9(2)13-15)12(17)14-4-5-18-10(7-14)8-16/h6,10,16H,3-5,7-8H2,1-2H3. The number of nitrogens with zero attached hydrogens (tertiary/aromatic N) is 3. The molecule has 6 heteroatoms. The monoisotopic (exact) mass is 253 g/mol. The first kappa shape index (κ1) is 13.0. The van der Waals surface area contributed by atoms with Gasteiger partial charge in [-0.25, -0.2) is 0 Å². The summed E-state index contributed by atoms with van der Waals surface area (Å²) in [5.74, 6) is -0.0424. The first-order valence-corrected chi connectivity index (χ1v) is 6.22. The highest BCUT2D eigenvalue weighted by atomic mass is 16.5. The van der Waals surface area contributed by atoms with Gasteiger partial charge in [0.1, 0.15) is 5.69 Å². The van der Waals surface area contributed by atoms with Gasteiger partial charge in [0, 0.05) is 19.6 Å². The Morgan fingerprint density at radius 3 is 3.11 bits per heavy atom. The van der Waals surface area contributed by atoms with Crippen LogP contribution in [0.15, 0.2) is 6.07 Å². The maximum absolute atomic E-state index is 12.4. The molecular formula is C12H19N3O3. The van der Waals surface area contributed by atoms with E-state index in [-0.39, 0.29) is 18.6 Å². The van der Waals surface area contributed by atoms with Crippen LogP contribution in [0.25, 0.3) is 0 Å². The Morgan fingerprint density at radius 1 is 1.67 bits per heavy atom. The maximum Gasteiger partial charge on any atom is 0.272 e. The van der Waals surface area contributed by atoms with Crippen LogP contribution >= 0.6 is 0 Å². The lowest BCUT2D eigenvalue weighted by Crippen LogP contribution is -2.47. The molecule has 1 aromatic heterocycles. The zero-order valence-corrected chi connectivity index (χ0v) is 10.8. The van der Waals surface area contributed by atoms with Crippen molar-refractivity contribution in [2.24, 2.45) is 0 Å². The number of aliphatic hydroxyl groups is 1. The van der Waals surface area contributed by atoms with E-state index < -0.39 is 0 Å². The lowest BCUT2D eigenvalue weighted by molar-refractivity contribution is -0.0449. The second-order valence-electron chi connectivity index (χ2n) is 4.41. The van der Waals surface area contributed by atoms with E-state index in [0.29, 0.717) is 31.9 Å². The molecule has 1 saturated heterocycles. The average Bonchev–Trinajstić information content (AvgIpc) is 2.79. The highest BCUT2D eigenvalue weighted by Crippen LogP contribution is 2.12. The Bertz CT molecular complexity index is 430. The quantitative estimate of drug-likeness (QED) is 0.826. The van der Waals surface area contributed by atoms with Gasteiger partial charge >= 0.3 is 0 Å². The number of hydrogen-bond donors (Lipinski definition) is 1. The van der Waals surface area contributed by atoms with Gasteiger partial charge in [-0.2, -0.15) is 5.10 Å². The van der Waals surface area contributed by atoms with Gasteiger partial charge < -0.3 is 14.7 Å². The van der Waals surface area contributed by atoms with Crippen molar-refractivity contribution in [3.05, 3.63) is 17.5 Å². The predicted octanol–water partition coefficient (Wildman–Crippen LogP) is 0.0447. The summed E-state index contributed by atoms with van der Waals surface area (Å²) < 4.78 is 7.05. The van der Waals surface area contributed by atoms with Crippen LogP contribution in [0.5, 0.6) is 0 Å². The molecule has 100 valence electrons. The Hall–Kier alpha value is -1.40. The van der Waals surface area contributed by atoms with E-state index in [1.165, 1.54) is 0 Å². The summed E-state index contributed by atoms with van der Waals surface area (Å²) in [6.07, 6.45) is -0.276. The summed E-state index contributed by atoms with van der Waals surface area (Å²) >= 11 is 0. The zero-order chi connectivity index (χ0) is 13.1. The van der Waals surface area contributed by atoms with Crippen molar-refractivity contribution in [1.82, 2.24) is 14.7 Å². The fraction of sp³-hybridized carbons (Fsp3) is 0.667. The summed E-state index contributed by atoms with van der Waals surface area (Å²) in [4.78, 5) is 14.1. The number of amides is 1. The van der Waals surface area contributed by atoms with Gasteiger partial charge in [0.25, 0.3) is 5.91 Å². The van der Waals surface area contributed by atoms with Gasteiger partial charge in [-0.05, 0) is 19.9 Å². The van der Waals surface area contributed by atoms with Gasteiger partial charge in [-0.3, -0.25) is 9.48 Å². The summed E-state index contributed by atoms with van der Waals surface area (Å²) in [6, 6.07) is 1.80. The highest BCUT2D eigenvalue weighted by Gasteiger charge is 2.26. The third kappa shape index (κ3) is 2.54. The molecule has 1 atom stereocenters. The van der Waals surface area contributed by atoms with Gasteiger partial charge in [0.2, 0.25) is 0 Å². The average molecular weight is 253 g/mol. The van der Waals surface area contributed by atoms with Gasteiger partial charge in [-0.1, -0.05) is 0 Å². The second-order valence-corrected chi connectivity index (χ2v) is 4.41. The van der Waals surface area contributed by atoms with Gasteiger partial charge in [0.15, 0.2) is 0 Å². The fourth-order valence-corrected chi connectivity index (χ4v) is 2.13. The molecule has 0 radical (unpaired) electrons. The Balaban J connectivity index is 2.14. The molecule has 1 unspecified atom stereocenters. The van der Waals surface area contributed by atoms with Crippen molar-refractivity contribution in [1.29, 1.82) is 0 Å². The van der Waals surface area contributed by atoms with Crippen molar-refractivity contribution in [2.45, 2.75) is 26.5 Å². The van der Waals surface area contributed by atoms with E-state index >= 15 is 0 Å². The predicted molar refractivity (Wildman–Crippen MR) is 65.4 cm³/mol. The smallest absolute Gasteiger partial charge is 0.272 e. The Morgan fingerprint density at radius 2 is 2.44 bits per heavy atom. The number of morpholine rings is 1. The van der Waals surface area contributed by atoms with Crippen molar-refractivity contribution in [2.75, 3.05) is 26.3 Å². The number of rotatable bonds is 3. The SMILES string of the molecule is CCn1nc(C)cc1C(=O)N1CCOC(CO)C1. The van der Waals surface area contributed by atoms with E-state index in [0.717, 1.165) is 5.69 Å². The molecule has 1 aliphatic rings. The number of aryl methyl sites for hydroxylation is 2. The minimum absolute atomic E-state index is 0.0424. The van der Waals surface area contributed by atoms with Crippen LogP contribution in [0.4, 0.5) is 0 Å². The minimum Gasteiger partial charge on any atom is -0.394 e. The molecule has 2 heterocycles. The molecule has 0 aromatic carbocycles. The van der Waals surface area contributed by atoms with Crippen LogP contribution in [-0.4, -0.2) is 58.1 Å². The third-order valence-electron chi connectivity index (χ3n) is 3.05. The minimum atomic E-state index is -0.276. The number of aliphatic hydroxyl groups excluding tert-OH is 1. The first-order valence-electron chi connectivity index (χ1n) is 6.22. The highest BCUT2D eigenvalue weighted by molar-refractivity contribution is 5.92. The summed E-state index contributed by atoms with van der Waals surface area (Å²) in [6.45, 7) is 5.90. The third-order valence-corrected chi connectivity index (χ3v) is 3.05. The van der Waals surface area contributed by atoms with Crippen LogP contribution in [0.2, 0.25) is 0 Å². The topological polar surface area (TPSA) is 67.6 Å². The van der Waals surface area contributed by atoms with Crippen molar-refractivity contribution in [3.63, 3.8) is 0 Å². The molecule has 0 saturated carbocycles. The molecule has 0 bridgehead atoms. The maximum atomic E-state index is 12.4. The summed E-state index contributed by atoms with van der Waals surface area (Å²) in [5, 5.41) is 13.4. The summed E-state index contributed by atoms with van der Waals surface area (Å²) in [5.41, 5.74) is 1.45. The molecule has 0 spiro atoms. The number of carbonyl (C=O) groups is 1. The lowest BCUT2D eigenvalue weighted by Gasteiger charge is -2.32. The molecule has 0 aliphatic carbocycles. The fourth-order valence-electron chi connectivity index (χ4n) is 2.13. The molecule has 1 N–H and O–H groups in total.